The summed E-state index contributed by atoms with van der Waals surface area (Å²) < 4.78 is 5.12. The van der Waals surface area contributed by atoms with Crippen LogP contribution in [0.1, 0.15) is 18.5 Å². The van der Waals surface area contributed by atoms with Crippen molar-refractivity contribution in [1.29, 1.82) is 0 Å². The Kier molecular flexibility index (Phi) is 6.48. The Morgan fingerprint density at radius 1 is 0.509 bits per heavy atom. The maximum absolute atomic E-state index is 5.59. The number of hydrogen-bond donors (Lipinski definition) is 1. The predicted molar refractivity (Wildman–Crippen MR) is 232 cm³/mol. The fourth-order valence-corrected chi connectivity index (χ4v) is 9.98. The van der Waals surface area contributed by atoms with Crippen LogP contribution < -0.4 is 5.32 Å². The second-order valence-corrected chi connectivity index (χ2v) is 15.2. The van der Waals surface area contributed by atoms with Gasteiger partial charge >= 0.3 is 5.96 Å². The van der Waals surface area contributed by atoms with Crippen LogP contribution in [0.25, 0.3) is 81.6 Å². The molecule has 0 saturated heterocycles. The lowest BCUT2D eigenvalue weighted by atomic mass is 9.89. The normalized spacial score (nSPS) is 19.6. The van der Waals surface area contributed by atoms with Gasteiger partial charge in [-0.25, -0.2) is 4.57 Å². The van der Waals surface area contributed by atoms with Gasteiger partial charge in [0.05, 0.1) is 28.3 Å². The third-order valence-electron chi connectivity index (χ3n) is 12.3. The number of hydrogen-bond acceptors (Lipinski definition) is 1. The first-order chi connectivity index (χ1) is 27.3. The Labute approximate surface area is 318 Å². The Bertz CT molecular complexity index is 3310. The molecule has 3 unspecified atom stereocenters. The molecular weight excluding hydrogens is 669 g/mol. The van der Waals surface area contributed by atoms with Crippen molar-refractivity contribution < 1.29 is 5.32 Å². The largest absolute Gasteiger partial charge is 0.332 e. The van der Waals surface area contributed by atoms with E-state index in [4.69, 9.17) is 4.99 Å². The Hall–Kier alpha value is -6.75. The zero-order valence-electron chi connectivity index (χ0n) is 30.4. The topological polar surface area (TPSA) is 38.8 Å². The molecule has 12 rings (SSSR count). The summed E-state index contributed by atoms with van der Waals surface area (Å²) in [6.07, 6.45) is 18.0. The zero-order valence-corrected chi connectivity index (χ0v) is 30.4. The smallest absolute Gasteiger partial charge is 0.312 e. The summed E-state index contributed by atoms with van der Waals surface area (Å²) in [4.78, 5) is 5.59. The Balaban J connectivity index is 1.32. The van der Waals surface area contributed by atoms with Crippen molar-refractivity contribution in [3.05, 3.63) is 187 Å². The molecule has 9 aromatic rings. The van der Waals surface area contributed by atoms with Crippen LogP contribution in [0.5, 0.6) is 0 Å². The lowest BCUT2D eigenvalue weighted by Gasteiger charge is -2.26. The van der Waals surface area contributed by atoms with Gasteiger partial charge < -0.3 is 4.57 Å². The molecule has 2 aliphatic carbocycles. The van der Waals surface area contributed by atoms with E-state index in [0.717, 1.165) is 22.7 Å². The minimum absolute atomic E-state index is 0.117. The van der Waals surface area contributed by atoms with Gasteiger partial charge in [0.15, 0.2) is 0 Å². The number of fused-ring (bicyclic) bond motifs is 16. The van der Waals surface area contributed by atoms with E-state index in [0.29, 0.717) is 5.92 Å². The van der Waals surface area contributed by atoms with E-state index in [1.54, 1.807) is 0 Å². The minimum Gasteiger partial charge on any atom is -0.332 e. The molecule has 3 atom stereocenters. The van der Waals surface area contributed by atoms with Gasteiger partial charge in [-0.15, -0.1) is 0 Å². The summed E-state index contributed by atoms with van der Waals surface area (Å²) in [7, 11) is 0. The number of rotatable bonds is 2. The van der Waals surface area contributed by atoms with Gasteiger partial charge in [0.25, 0.3) is 0 Å². The number of nitrogens with two attached hydrogens (primary N) is 1. The van der Waals surface area contributed by atoms with Crippen LogP contribution in [0.15, 0.2) is 187 Å². The molecular formula is C51H37N4+. The number of aromatic nitrogens is 2. The van der Waals surface area contributed by atoms with Crippen molar-refractivity contribution in [3.63, 3.8) is 0 Å². The highest BCUT2D eigenvalue weighted by Gasteiger charge is 2.33. The summed E-state index contributed by atoms with van der Waals surface area (Å²) in [5.74, 6) is 1.29. The molecule has 7 aromatic carbocycles. The van der Waals surface area contributed by atoms with Crippen LogP contribution in [-0.2, 0) is 0 Å². The molecule has 0 spiro atoms. The molecule has 55 heavy (non-hydrogen) atoms. The second-order valence-electron chi connectivity index (χ2n) is 15.2. The van der Waals surface area contributed by atoms with Crippen molar-refractivity contribution in [3.8, 4) is 0 Å². The highest BCUT2D eigenvalue weighted by molar-refractivity contribution is 6.45. The van der Waals surface area contributed by atoms with Gasteiger partial charge in [0.1, 0.15) is 6.04 Å². The van der Waals surface area contributed by atoms with Gasteiger partial charge in [-0.1, -0.05) is 165 Å². The van der Waals surface area contributed by atoms with E-state index in [9.17, 15) is 0 Å². The summed E-state index contributed by atoms with van der Waals surface area (Å²) in [5.41, 5.74) is 8.33. The first-order valence-electron chi connectivity index (χ1n) is 19.4. The SMILES string of the molecule is CC1C=CC=CC1n1c2ccccc2c2c3ccccc3c3c4c5ccccc5n(C5=NC(c6ccccc6)=C6C=CC=CC6[NH2+]5)c4c4ccccc4c3c21. The lowest BCUT2D eigenvalue weighted by molar-refractivity contribution is -0.563. The Morgan fingerprint density at radius 2 is 1.09 bits per heavy atom. The first-order valence-corrected chi connectivity index (χ1v) is 19.4. The molecule has 3 aliphatic rings. The molecule has 0 radical (unpaired) electrons. The molecule has 3 heterocycles. The zero-order chi connectivity index (χ0) is 36.2. The summed E-state index contributed by atoms with van der Waals surface area (Å²) >= 11 is 0. The molecule has 2 N–H and O–H groups in total. The van der Waals surface area contributed by atoms with Gasteiger partial charge in [0, 0.05) is 54.4 Å². The van der Waals surface area contributed by atoms with Gasteiger partial charge in [-0.2, -0.15) is 4.99 Å². The van der Waals surface area contributed by atoms with E-state index in [1.165, 1.54) is 76.0 Å². The van der Waals surface area contributed by atoms with Crippen LogP contribution >= 0.6 is 0 Å². The van der Waals surface area contributed by atoms with Crippen LogP contribution in [0.4, 0.5) is 0 Å². The molecule has 260 valence electrons. The van der Waals surface area contributed by atoms with E-state index in [1.807, 2.05) is 0 Å². The minimum atomic E-state index is 0.117. The summed E-state index contributed by atoms with van der Waals surface area (Å²) in [6.45, 7) is 2.35. The van der Waals surface area contributed by atoms with Gasteiger partial charge in [0.2, 0.25) is 0 Å². The van der Waals surface area contributed by atoms with Crippen molar-refractivity contribution in [2.45, 2.75) is 19.0 Å². The van der Waals surface area contributed by atoms with E-state index < -0.39 is 0 Å². The molecule has 0 bridgehead atoms. The fourth-order valence-electron chi connectivity index (χ4n) is 9.98. The molecule has 0 amide bonds. The third-order valence-corrected chi connectivity index (χ3v) is 12.3. The average molecular weight is 706 g/mol. The van der Waals surface area contributed by atoms with Crippen molar-refractivity contribution in [2.24, 2.45) is 10.9 Å². The van der Waals surface area contributed by atoms with Gasteiger partial charge in [-0.3, -0.25) is 5.32 Å². The number of benzene rings is 7. The quantitative estimate of drug-likeness (QED) is 0.174. The fraction of sp³-hybridized carbons (Fsp3) is 0.0784. The lowest BCUT2D eigenvalue weighted by Crippen LogP contribution is -2.95. The van der Waals surface area contributed by atoms with Crippen LogP contribution in [0.3, 0.4) is 0 Å². The van der Waals surface area contributed by atoms with E-state index in [2.05, 4.69) is 197 Å². The number of para-hydroxylation sites is 2. The molecule has 4 heteroatoms. The molecule has 2 aromatic heterocycles. The molecule has 1 aliphatic heterocycles. The van der Waals surface area contributed by atoms with Gasteiger partial charge in [-0.05, 0) is 40.3 Å². The van der Waals surface area contributed by atoms with Crippen LogP contribution in [0.2, 0.25) is 0 Å². The average Bonchev–Trinajstić information content (AvgIpc) is 3.78. The standard InChI is InChI=1S/C51H36N4/c1-31-17-5-14-28-41(31)54-42-29-15-11-25-38(42)44-33-20-6-7-21-34(33)45-46(50(44)54)35-22-8-9-23-36(35)49-47(45)39-26-12-16-30-43(39)55(49)51-52-40-27-13-10-24-37(40)48(53-51)32-18-3-2-4-19-32/h2-31,40-41H,1H3,(H,52,53)/p+1. The number of quaternary nitrogens is 1. The van der Waals surface area contributed by atoms with Crippen molar-refractivity contribution in [1.82, 2.24) is 9.13 Å². The first kappa shape index (κ1) is 30.7. The Morgan fingerprint density at radius 3 is 1.85 bits per heavy atom. The van der Waals surface area contributed by atoms with E-state index >= 15 is 0 Å². The monoisotopic (exact) mass is 705 g/mol. The highest BCUT2D eigenvalue weighted by atomic mass is 15.2. The van der Waals surface area contributed by atoms with Crippen molar-refractivity contribution in [2.75, 3.05) is 0 Å². The van der Waals surface area contributed by atoms with Crippen molar-refractivity contribution >= 4 is 87.6 Å². The number of aliphatic imine (C=N–C) groups is 1. The van der Waals surface area contributed by atoms with E-state index in [-0.39, 0.29) is 12.1 Å². The maximum atomic E-state index is 5.59. The number of allylic oxidation sites excluding steroid dienone is 6. The maximum Gasteiger partial charge on any atom is 0.312 e. The molecule has 0 fully saturated rings. The molecule has 4 nitrogen and oxygen atoms in total. The number of nitrogens with zero attached hydrogens (tertiary/aromatic N) is 3. The van der Waals surface area contributed by atoms with Crippen LogP contribution in [0, 0.1) is 5.92 Å². The summed E-state index contributed by atoms with van der Waals surface area (Å²) in [5, 5.41) is 15.2. The highest BCUT2D eigenvalue weighted by Crippen LogP contribution is 2.50. The van der Waals surface area contributed by atoms with Crippen LogP contribution in [-0.4, -0.2) is 21.1 Å². The third kappa shape index (κ3) is 4.23. The predicted octanol–water partition coefficient (Wildman–Crippen LogP) is 11.4. The summed E-state index contributed by atoms with van der Waals surface area (Å²) in [6, 6.07) is 47.2. The molecule has 0 saturated carbocycles. The second kappa shape index (κ2) is 11.6.